The van der Waals surface area contributed by atoms with Crippen LogP contribution < -0.4 is 5.32 Å². The zero-order valence-electron chi connectivity index (χ0n) is 8.12. The number of nitrogens with one attached hydrogen (secondary N) is 1. The average molecular weight is 184 g/mol. The summed E-state index contributed by atoms with van der Waals surface area (Å²) >= 11 is 0. The van der Waals surface area contributed by atoms with E-state index in [9.17, 15) is 0 Å². The third-order valence-electron chi connectivity index (χ3n) is 2.21. The van der Waals surface area contributed by atoms with Gasteiger partial charge in [-0.05, 0) is 12.1 Å². The van der Waals surface area contributed by atoms with Crippen LogP contribution in [0.1, 0.15) is 5.56 Å². The lowest BCUT2D eigenvalue weighted by atomic mass is 10.1. The average Bonchev–Trinajstić information content (AvgIpc) is 2.27. The van der Waals surface area contributed by atoms with E-state index in [2.05, 4.69) is 29.0 Å². The molecular weight excluding hydrogens is 172 g/mol. The number of anilines is 1. The van der Waals surface area contributed by atoms with Gasteiger partial charge in [0.15, 0.2) is 0 Å². The summed E-state index contributed by atoms with van der Waals surface area (Å²) in [4.78, 5) is 4.48. The Hall–Kier alpha value is -1.83. The molecule has 70 valence electrons. The Morgan fingerprint density at radius 2 is 2.14 bits per heavy atom. The van der Waals surface area contributed by atoms with Crippen LogP contribution in [-0.4, -0.2) is 12.0 Å². The number of hydrogen-bond donors (Lipinski definition) is 1. The van der Waals surface area contributed by atoms with Crippen LogP contribution in [0.2, 0.25) is 0 Å². The van der Waals surface area contributed by atoms with Gasteiger partial charge in [0.25, 0.3) is 0 Å². The maximum atomic E-state index is 4.48. The number of benzene rings is 1. The fraction of sp³-hybridized carbons (Fsp3) is 0.0833. The summed E-state index contributed by atoms with van der Waals surface area (Å²) in [6.45, 7) is 3.77. The van der Waals surface area contributed by atoms with Crippen molar-refractivity contribution in [2.75, 3.05) is 12.4 Å². The number of pyridine rings is 1. The van der Waals surface area contributed by atoms with Gasteiger partial charge in [-0.2, -0.15) is 0 Å². The van der Waals surface area contributed by atoms with Crippen molar-refractivity contribution in [3.05, 3.63) is 42.5 Å². The molecule has 0 bridgehead atoms. The van der Waals surface area contributed by atoms with Gasteiger partial charge in [0.2, 0.25) is 0 Å². The van der Waals surface area contributed by atoms with Crippen LogP contribution in [-0.2, 0) is 0 Å². The Balaban J connectivity index is 2.75. The molecule has 2 heteroatoms. The highest BCUT2D eigenvalue weighted by Crippen LogP contribution is 2.20. The lowest BCUT2D eigenvalue weighted by molar-refractivity contribution is 1.33. The molecule has 0 unspecified atom stereocenters. The molecule has 0 radical (unpaired) electrons. The Morgan fingerprint density at radius 1 is 1.36 bits per heavy atom. The molecule has 0 aliphatic rings. The molecule has 0 spiro atoms. The Labute approximate surface area is 83.3 Å². The summed E-state index contributed by atoms with van der Waals surface area (Å²) in [6, 6.07) is 10.1. The number of aromatic nitrogens is 1. The first-order chi connectivity index (χ1) is 6.85. The Bertz CT molecular complexity index is 475. The Kier molecular flexibility index (Phi) is 2.19. The van der Waals surface area contributed by atoms with Crippen molar-refractivity contribution in [1.29, 1.82) is 0 Å². The van der Waals surface area contributed by atoms with E-state index in [0.717, 1.165) is 22.3 Å². The second-order valence-electron chi connectivity index (χ2n) is 3.07. The summed E-state index contributed by atoms with van der Waals surface area (Å²) < 4.78 is 0. The fourth-order valence-corrected chi connectivity index (χ4v) is 1.49. The number of rotatable bonds is 2. The first kappa shape index (κ1) is 8.75. The van der Waals surface area contributed by atoms with Gasteiger partial charge in [-0.3, -0.25) is 0 Å². The van der Waals surface area contributed by atoms with Crippen molar-refractivity contribution in [2.45, 2.75) is 0 Å². The molecule has 0 aliphatic carbocycles. The lowest BCUT2D eigenvalue weighted by Crippen LogP contribution is -1.95. The third kappa shape index (κ3) is 1.35. The summed E-state index contributed by atoms with van der Waals surface area (Å²) in [6.07, 6.45) is 1.81. The van der Waals surface area contributed by atoms with Crippen molar-refractivity contribution < 1.29 is 0 Å². The maximum absolute atomic E-state index is 4.48. The van der Waals surface area contributed by atoms with Gasteiger partial charge in [0.05, 0.1) is 5.52 Å². The van der Waals surface area contributed by atoms with Gasteiger partial charge in [-0.25, -0.2) is 4.98 Å². The zero-order valence-corrected chi connectivity index (χ0v) is 8.12. The summed E-state index contributed by atoms with van der Waals surface area (Å²) in [5.41, 5.74) is 2.04. The van der Waals surface area contributed by atoms with E-state index in [0.29, 0.717) is 0 Å². The SMILES string of the molecule is C=Cc1cc2ccccc2nc1NC. The van der Waals surface area contributed by atoms with Crippen LogP contribution in [0.4, 0.5) is 5.82 Å². The number of hydrogen-bond acceptors (Lipinski definition) is 2. The molecule has 14 heavy (non-hydrogen) atoms. The standard InChI is InChI=1S/C12H12N2/c1-3-9-8-10-6-4-5-7-11(10)14-12(9)13-2/h3-8H,1H2,2H3,(H,13,14). The van der Waals surface area contributed by atoms with Crippen LogP contribution in [0.25, 0.3) is 17.0 Å². The minimum atomic E-state index is 0.874. The molecule has 1 aromatic heterocycles. The van der Waals surface area contributed by atoms with E-state index >= 15 is 0 Å². The van der Waals surface area contributed by atoms with Gasteiger partial charge in [-0.15, -0.1) is 0 Å². The van der Waals surface area contributed by atoms with Crippen LogP contribution >= 0.6 is 0 Å². The summed E-state index contributed by atoms with van der Waals surface area (Å²) in [5, 5.41) is 4.20. The molecule has 0 amide bonds. The van der Waals surface area contributed by atoms with Crippen molar-refractivity contribution >= 4 is 22.8 Å². The predicted molar refractivity (Wildman–Crippen MR) is 61.4 cm³/mol. The molecule has 0 saturated heterocycles. The molecule has 1 heterocycles. The second kappa shape index (κ2) is 3.50. The van der Waals surface area contributed by atoms with E-state index in [1.807, 2.05) is 31.3 Å². The minimum absolute atomic E-state index is 0.874. The maximum Gasteiger partial charge on any atom is 0.133 e. The quantitative estimate of drug-likeness (QED) is 0.776. The normalized spacial score (nSPS) is 10.1. The molecule has 2 rings (SSSR count). The number of nitrogens with zero attached hydrogens (tertiary/aromatic N) is 1. The van der Waals surface area contributed by atoms with Crippen molar-refractivity contribution in [1.82, 2.24) is 4.98 Å². The first-order valence-electron chi connectivity index (χ1n) is 4.55. The van der Waals surface area contributed by atoms with E-state index in [4.69, 9.17) is 0 Å². The lowest BCUT2D eigenvalue weighted by Gasteiger charge is -2.06. The minimum Gasteiger partial charge on any atom is -0.373 e. The number of para-hydroxylation sites is 1. The summed E-state index contributed by atoms with van der Waals surface area (Å²) in [7, 11) is 1.87. The molecule has 2 nitrogen and oxygen atoms in total. The Morgan fingerprint density at radius 3 is 2.86 bits per heavy atom. The molecule has 2 aromatic rings. The van der Waals surface area contributed by atoms with E-state index in [-0.39, 0.29) is 0 Å². The van der Waals surface area contributed by atoms with Crippen LogP contribution in [0.15, 0.2) is 36.9 Å². The monoisotopic (exact) mass is 184 g/mol. The van der Waals surface area contributed by atoms with Crippen LogP contribution in [0.5, 0.6) is 0 Å². The first-order valence-corrected chi connectivity index (χ1v) is 4.55. The van der Waals surface area contributed by atoms with Gasteiger partial charge < -0.3 is 5.32 Å². The highest BCUT2D eigenvalue weighted by Gasteiger charge is 2.01. The molecule has 1 N–H and O–H groups in total. The van der Waals surface area contributed by atoms with Crippen molar-refractivity contribution in [3.8, 4) is 0 Å². The highest BCUT2D eigenvalue weighted by molar-refractivity contribution is 5.84. The molecule has 1 aromatic carbocycles. The van der Waals surface area contributed by atoms with E-state index in [1.165, 1.54) is 0 Å². The number of fused-ring (bicyclic) bond motifs is 1. The van der Waals surface area contributed by atoms with Gasteiger partial charge >= 0.3 is 0 Å². The van der Waals surface area contributed by atoms with Gasteiger partial charge in [0, 0.05) is 18.0 Å². The molecule has 0 saturated carbocycles. The van der Waals surface area contributed by atoms with E-state index < -0.39 is 0 Å². The highest BCUT2D eigenvalue weighted by atomic mass is 15.0. The van der Waals surface area contributed by atoms with Gasteiger partial charge in [-0.1, -0.05) is 30.9 Å². The molecule has 0 atom stereocenters. The summed E-state index contributed by atoms with van der Waals surface area (Å²) in [5.74, 6) is 0.874. The fourth-order valence-electron chi connectivity index (χ4n) is 1.49. The smallest absolute Gasteiger partial charge is 0.133 e. The third-order valence-corrected chi connectivity index (χ3v) is 2.21. The topological polar surface area (TPSA) is 24.9 Å². The van der Waals surface area contributed by atoms with Crippen LogP contribution in [0, 0.1) is 0 Å². The predicted octanol–water partition coefficient (Wildman–Crippen LogP) is 2.92. The van der Waals surface area contributed by atoms with E-state index in [1.54, 1.807) is 0 Å². The van der Waals surface area contributed by atoms with Crippen molar-refractivity contribution in [2.24, 2.45) is 0 Å². The van der Waals surface area contributed by atoms with Crippen LogP contribution in [0.3, 0.4) is 0 Å². The zero-order chi connectivity index (χ0) is 9.97. The van der Waals surface area contributed by atoms with Gasteiger partial charge in [0.1, 0.15) is 5.82 Å². The molecule has 0 fully saturated rings. The second-order valence-corrected chi connectivity index (χ2v) is 3.07. The van der Waals surface area contributed by atoms with Crippen molar-refractivity contribution in [3.63, 3.8) is 0 Å². The molecule has 0 aliphatic heterocycles. The molecular formula is C12H12N2. The largest absolute Gasteiger partial charge is 0.373 e.